The van der Waals surface area contributed by atoms with E-state index in [0.717, 1.165) is 11.4 Å². The average molecular weight is 308 g/mol. The lowest BCUT2D eigenvalue weighted by Crippen LogP contribution is -2.09. The highest BCUT2D eigenvalue weighted by molar-refractivity contribution is 6.34. The van der Waals surface area contributed by atoms with Crippen molar-refractivity contribution >= 4 is 28.9 Å². The van der Waals surface area contributed by atoms with Gasteiger partial charge in [-0.3, -0.25) is 9.78 Å². The number of hydrogen-bond donors (Lipinski definition) is 2. The zero-order valence-corrected chi connectivity index (χ0v) is 12.4. The summed E-state index contributed by atoms with van der Waals surface area (Å²) in [6.45, 7) is 3.33. The van der Waals surface area contributed by atoms with Crippen LogP contribution in [0.2, 0.25) is 5.02 Å². The lowest BCUT2D eigenvalue weighted by molar-refractivity contribution is -0.114. The Balaban J connectivity index is 2.10. The summed E-state index contributed by atoms with van der Waals surface area (Å²) in [5.41, 5.74) is 2.06. The molecule has 110 valence electrons. The van der Waals surface area contributed by atoms with E-state index in [9.17, 15) is 9.18 Å². The summed E-state index contributed by atoms with van der Waals surface area (Å²) >= 11 is 6.10. The van der Waals surface area contributed by atoms with E-state index in [-0.39, 0.29) is 17.8 Å². The van der Waals surface area contributed by atoms with Gasteiger partial charge in [-0.1, -0.05) is 11.6 Å². The van der Waals surface area contributed by atoms with Crippen molar-refractivity contribution in [1.29, 1.82) is 0 Å². The Morgan fingerprint density at radius 2 is 2.10 bits per heavy atom. The van der Waals surface area contributed by atoms with Gasteiger partial charge in [-0.05, 0) is 37.3 Å². The molecule has 0 radical (unpaired) electrons. The predicted molar refractivity (Wildman–Crippen MR) is 82.0 cm³/mol. The van der Waals surface area contributed by atoms with Crippen molar-refractivity contribution in [2.75, 3.05) is 10.6 Å². The third-order valence-corrected chi connectivity index (χ3v) is 3.17. The normalized spacial score (nSPS) is 11.8. The summed E-state index contributed by atoms with van der Waals surface area (Å²) in [4.78, 5) is 15.0. The first kappa shape index (κ1) is 15.3. The van der Waals surface area contributed by atoms with Crippen molar-refractivity contribution < 1.29 is 9.18 Å². The van der Waals surface area contributed by atoms with Gasteiger partial charge in [-0.25, -0.2) is 4.39 Å². The van der Waals surface area contributed by atoms with Crippen LogP contribution in [0.15, 0.2) is 36.5 Å². The van der Waals surface area contributed by atoms with Gasteiger partial charge in [-0.15, -0.1) is 0 Å². The summed E-state index contributed by atoms with van der Waals surface area (Å²) in [6.07, 6.45) is 1.18. The maximum atomic E-state index is 12.8. The van der Waals surface area contributed by atoms with Gasteiger partial charge in [0.25, 0.3) is 0 Å². The van der Waals surface area contributed by atoms with E-state index in [4.69, 9.17) is 11.6 Å². The minimum atomic E-state index is -0.367. The molecule has 0 saturated heterocycles. The number of carbonyl (C=O) groups excluding carboxylic acids is 1. The van der Waals surface area contributed by atoms with E-state index >= 15 is 0 Å². The van der Waals surface area contributed by atoms with Crippen LogP contribution in [0.25, 0.3) is 0 Å². The molecule has 1 aromatic heterocycles. The van der Waals surface area contributed by atoms with Crippen LogP contribution in [-0.4, -0.2) is 10.9 Å². The molecule has 4 nitrogen and oxygen atoms in total. The summed E-state index contributed by atoms with van der Waals surface area (Å²) in [5, 5.41) is 6.30. The molecular weight excluding hydrogens is 293 g/mol. The van der Waals surface area contributed by atoms with Gasteiger partial charge in [0.15, 0.2) is 0 Å². The number of nitrogens with zero attached hydrogens (tertiary/aromatic N) is 1. The van der Waals surface area contributed by atoms with Crippen molar-refractivity contribution in [3.8, 4) is 0 Å². The van der Waals surface area contributed by atoms with Crippen molar-refractivity contribution in [3.63, 3.8) is 0 Å². The minimum Gasteiger partial charge on any atom is -0.377 e. The van der Waals surface area contributed by atoms with Gasteiger partial charge in [-0.2, -0.15) is 0 Å². The quantitative estimate of drug-likeness (QED) is 0.897. The van der Waals surface area contributed by atoms with E-state index in [1.807, 2.05) is 6.92 Å². The first-order valence-electron chi connectivity index (χ1n) is 6.41. The Labute approximate surface area is 127 Å². The summed E-state index contributed by atoms with van der Waals surface area (Å²) in [5.74, 6) is -0.546. The Hall–Kier alpha value is -2.14. The maximum Gasteiger partial charge on any atom is 0.221 e. The number of carbonyl (C=O) groups is 1. The molecule has 0 spiro atoms. The van der Waals surface area contributed by atoms with Gasteiger partial charge in [0.1, 0.15) is 5.82 Å². The SMILES string of the molecule is CC(=O)Nc1ccc(NC(C)c2ccc(F)cn2)cc1Cl. The molecule has 1 unspecified atom stereocenters. The van der Waals surface area contributed by atoms with Crippen LogP contribution in [0.1, 0.15) is 25.6 Å². The van der Waals surface area contributed by atoms with E-state index in [1.165, 1.54) is 19.2 Å². The van der Waals surface area contributed by atoms with Crippen LogP contribution >= 0.6 is 11.6 Å². The van der Waals surface area contributed by atoms with Gasteiger partial charge in [0, 0.05) is 12.6 Å². The summed E-state index contributed by atoms with van der Waals surface area (Å²) in [6, 6.07) is 8.13. The molecule has 1 amide bonds. The molecule has 2 aromatic rings. The summed E-state index contributed by atoms with van der Waals surface area (Å²) in [7, 11) is 0. The van der Waals surface area contributed by atoms with Crippen LogP contribution in [0.3, 0.4) is 0 Å². The molecule has 0 aliphatic rings. The van der Waals surface area contributed by atoms with Crippen LogP contribution < -0.4 is 10.6 Å². The Bertz CT molecular complexity index is 646. The molecule has 2 N–H and O–H groups in total. The van der Waals surface area contributed by atoms with Crippen LogP contribution in [0, 0.1) is 5.82 Å². The van der Waals surface area contributed by atoms with Crippen molar-refractivity contribution in [1.82, 2.24) is 4.98 Å². The van der Waals surface area contributed by atoms with E-state index in [0.29, 0.717) is 10.7 Å². The first-order chi connectivity index (χ1) is 9.95. The molecule has 0 fully saturated rings. The third kappa shape index (κ3) is 4.16. The lowest BCUT2D eigenvalue weighted by atomic mass is 10.2. The second-order valence-corrected chi connectivity index (χ2v) is 5.05. The number of aromatic nitrogens is 1. The molecule has 2 rings (SSSR count). The van der Waals surface area contributed by atoms with Gasteiger partial charge in [0.05, 0.1) is 28.6 Å². The molecule has 1 atom stereocenters. The molecule has 1 heterocycles. The molecule has 0 bridgehead atoms. The maximum absolute atomic E-state index is 12.8. The average Bonchev–Trinajstić information content (AvgIpc) is 2.42. The molecular formula is C15H15ClFN3O. The zero-order valence-electron chi connectivity index (χ0n) is 11.7. The first-order valence-corrected chi connectivity index (χ1v) is 6.78. The number of amides is 1. The Morgan fingerprint density at radius 1 is 1.33 bits per heavy atom. The number of pyridine rings is 1. The fourth-order valence-corrected chi connectivity index (χ4v) is 2.09. The Kier molecular flexibility index (Phi) is 4.75. The molecule has 0 aliphatic carbocycles. The molecule has 21 heavy (non-hydrogen) atoms. The number of anilines is 2. The second kappa shape index (κ2) is 6.54. The molecule has 1 aromatic carbocycles. The minimum absolute atomic E-state index is 0.103. The van der Waals surface area contributed by atoms with Crippen molar-refractivity contribution in [2.24, 2.45) is 0 Å². The number of nitrogens with one attached hydrogen (secondary N) is 2. The number of benzene rings is 1. The standard InChI is InChI=1S/C15H15ClFN3O/c1-9(14-5-3-11(17)8-18-14)19-12-4-6-15(13(16)7-12)20-10(2)21/h3-9,19H,1-2H3,(H,20,21). The number of hydrogen-bond acceptors (Lipinski definition) is 3. The fourth-order valence-electron chi connectivity index (χ4n) is 1.86. The van der Waals surface area contributed by atoms with Crippen molar-refractivity contribution in [3.05, 3.63) is 53.1 Å². The van der Waals surface area contributed by atoms with Crippen LogP contribution in [0.4, 0.5) is 15.8 Å². The molecule has 0 saturated carbocycles. The van der Waals surface area contributed by atoms with Gasteiger partial charge >= 0.3 is 0 Å². The monoisotopic (exact) mass is 307 g/mol. The second-order valence-electron chi connectivity index (χ2n) is 4.64. The van der Waals surface area contributed by atoms with E-state index in [1.54, 1.807) is 24.3 Å². The highest BCUT2D eigenvalue weighted by Gasteiger charge is 2.09. The Morgan fingerprint density at radius 3 is 2.67 bits per heavy atom. The highest BCUT2D eigenvalue weighted by Crippen LogP contribution is 2.27. The third-order valence-electron chi connectivity index (χ3n) is 2.86. The zero-order chi connectivity index (χ0) is 15.4. The van der Waals surface area contributed by atoms with Gasteiger partial charge < -0.3 is 10.6 Å². The smallest absolute Gasteiger partial charge is 0.221 e. The largest absolute Gasteiger partial charge is 0.377 e. The van der Waals surface area contributed by atoms with Gasteiger partial charge in [0.2, 0.25) is 5.91 Å². The topological polar surface area (TPSA) is 54.0 Å². The molecule has 6 heteroatoms. The predicted octanol–water partition coefficient (Wildman–Crippen LogP) is 4.01. The van der Waals surface area contributed by atoms with E-state index in [2.05, 4.69) is 15.6 Å². The summed E-state index contributed by atoms with van der Waals surface area (Å²) < 4.78 is 12.8. The number of halogens is 2. The van der Waals surface area contributed by atoms with Crippen LogP contribution in [-0.2, 0) is 4.79 Å². The fraction of sp³-hybridized carbons (Fsp3) is 0.200. The van der Waals surface area contributed by atoms with Crippen LogP contribution in [0.5, 0.6) is 0 Å². The van der Waals surface area contributed by atoms with Crippen molar-refractivity contribution in [2.45, 2.75) is 19.9 Å². The van der Waals surface area contributed by atoms with E-state index < -0.39 is 0 Å². The number of rotatable bonds is 4. The lowest BCUT2D eigenvalue weighted by Gasteiger charge is -2.16. The highest BCUT2D eigenvalue weighted by atomic mass is 35.5. The molecule has 0 aliphatic heterocycles.